The molecule has 0 bridgehead atoms. The summed E-state index contributed by atoms with van der Waals surface area (Å²) in [6, 6.07) is 9.15. The molecule has 5 rings (SSSR count). The highest BCUT2D eigenvalue weighted by molar-refractivity contribution is 5.81. The molecule has 144 valence electrons. The van der Waals surface area contributed by atoms with E-state index in [0.717, 1.165) is 38.8 Å². The molecule has 0 radical (unpaired) electrons. The summed E-state index contributed by atoms with van der Waals surface area (Å²) in [5.74, 6) is 0.868. The molecule has 2 saturated heterocycles. The van der Waals surface area contributed by atoms with Crippen LogP contribution in [0.2, 0.25) is 0 Å². The molecule has 2 heterocycles. The van der Waals surface area contributed by atoms with Crippen molar-refractivity contribution >= 4 is 12.0 Å². The van der Waals surface area contributed by atoms with Gasteiger partial charge in [-0.2, -0.15) is 0 Å². The largest absolute Gasteiger partial charge is 0.447 e. The number of likely N-dealkylation sites (tertiary alicyclic amines) is 1. The van der Waals surface area contributed by atoms with Gasteiger partial charge < -0.3 is 15.0 Å². The molecule has 0 unspecified atom stereocenters. The van der Waals surface area contributed by atoms with Crippen molar-refractivity contribution in [3.63, 3.8) is 0 Å². The van der Waals surface area contributed by atoms with Gasteiger partial charge in [0.25, 0.3) is 0 Å². The third-order valence-electron chi connectivity index (χ3n) is 7.33. The first-order chi connectivity index (χ1) is 13.0. The zero-order valence-electron chi connectivity index (χ0n) is 16.0. The normalized spacial score (nSPS) is 32.0. The number of ether oxygens (including phenoxy) is 1. The van der Waals surface area contributed by atoms with Crippen molar-refractivity contribution in [3.05, 3.63) is 35.4 Å². The summed E-state index contributed by atoms with van der Waals surface area (Å²) in [7, 11) is 0. The molecule has 1 aromatic carbocycles. The number of benzene rings is 1. The lowest BCUT2D eigenvalue weighted by atomic mass is 9.68. The lowest BCUT2D eigenvalue weighted by Crippen LogP contribution is -2.58. The van der Waals surface area contributed by atoms with Gasteiger partial charge in [-0.25, -0.2) is 4.79 Å². The number of amides is 2. The van der Waals surface area contributed by atoms with E-state index in [4.69, 9.17) is 4.74 Å². The van der Waals surface area contributed by atoms with Crippen LogP contribution in [0.25, 0.3) is 0 Å². The molecule has 5 nitrogen and oxygen atoms in total. The molecule has 2 saturated carbocycles. The number of carbonyl (C=O) groups is 2. The number of rotatable bonds is 3. The fourth-order valence-electron chi connectivity index (χ4n) is 5.11. The first-order valence-electron chi connectivity index (χ1n) is 10.3. The number of nitrogens with zero attached hydrogens (tertiary/aromatic N) is 1. The third kappa shape index (κ3) is 3.01. The Balaban J connectivity index is 1.16. The van der Waals surface area contributed by atoms with Gasteiger partial charge in [0.1, 0.15) is 6.61 Å². The zero-order chi connectivity index (χ0) is 18.6. The highest BCUT2D eigenvalue weighted by Crippen LogP contribution is 2.48. The van der Waals surface area contributed by atoms with Crippen molar-refractivity contribution in [1.29, 1.82) is 0 Å². The topological polar surface area (TPSA) is 58.6 Å². The fraction of sp³-hybridized carbons (Fsp3) is 0.636. The number of hydrogen-bond donors (Lipinski definition) is 1. The summed E-state index contributed by atoms with van der Waals surface area (Å²) in [5, 5.41) is 2.87. The van der Waals surface area contributed by atoms with Gasteiger partial charge in [0.15, 0.2) is 0 Å². The van der Waals surface area contributed by atoms with E-state index in [-0.39, 0.29) is 23.5 Å². The molecular formula is C22H28N2O3. The summed E-state index contributed by atoms with van der Waals surface area (Å²) in [6.07, 6.45) is 5.79. The minimum atomic E-state index is -0.344. The van der Waals surface area contributed by atoms with Gasteiger partial charge in [0.05, 0.1) is 5.54 Å². The van der Waals surface area contributed by atoms with Gasteiger partial charge in [0, 0.05) is 19.0 Å². The Bertz CT molecular complexity index is 772. The highest BCUT2D eigenvalue weighted by Gasteiger charge is 2.53. The van der Waals surface area contributed by atoms with E-state index in [1.54, 1.807) is 0 Å². The maximum atomic E-state index is 12.8. The van der Waals surface area contributed by atoms with Crippen LogP contribution >= 0.6 is 0 Å². The molecule has 0 aromatic heterocycles. The molecule has 1 N–H and O–H groups in total. The maximum Gasteiger partial charge on any atom is 0.407 e. The van der Waals surface area contributed by atoms with Crippen LogP contribution in [0.5, 0.6) is 0 Å². The number of hydrogen-bond acceptors (Lipinski definition) is 3. The molecule has 5 heteroatoms. The predicted molar refractivity (Wildman–Crippen MR) is 102 cm³/mol. The number of carbonyl (C=O) groups excluding carboxylic acids is 2. The minimum absolute atomic E-state index is 0.0432. The second-order valence-corrected chi connectivity index (χ2v) is 9.37. The van der Waals surface area contributed by atoms with Crippen LogP contribution in [-0.2, 0) is 14.9 Å². The van der Waals surface area contributed by atoms with Crippen molar-refractivity contribution in [1.82, 2.24) is 10.2 Å². The van der Waals surface area contributed by atoms with Crippen LogP contribution in [0.1, 0.15) is 62.5 Å². The molecule has 2 aliphatic carbocycles. The predicted octanol–water partition coefficient (Wildman–Crippen LogP) is 3.33. The van der Waals surface area contributed by atoms with Gasteiger partial charge in [0.2, 0.25) is 5.91 Å². The van der Waals surface area contributed by atoms with Crippen molar-refractivity contribution in [3.8, 4) is 0 Å². The lowest BCUT2D eigenvalue weighted by molar-refractivity contribution is -0.142. The molecule has 4 aliphatic rings. The Morgan fingerprint density at radius 2 is 1.96 bits per heavy atom. The maximum absolute atomic E-state index is 12.8. The van der Waals surface area contributed by atoms with E-state index >= 15 is 0 Å². The number of cyclic esters (lactones) is 1. The lowest BCUT2D eigenvalue weighted by Gasteiger charge is -2.45. The van der Waals surface area contributed by atoms with E-state index in [0.29, 0.717) is 17.9 Å². The molecular weight excluding hydrogens is 340 g/mol. The quantitative estimate of drug-likeness (QED) is 0.890. The fourth-order valence-corrected chi connectivity index (χ4v) is 5.11. The molecule has 1 aromatic rings. The molecule has 0 atom stereocenters. The highest BCUT2D eigenvalue weighted by atomic mass is 16.6. The number of alkyl carbamates (subject to hydrolysis) is 1. The summed E-state index contributed by atoms with van der Waals surface area (Å²) in [6.45, 7) is 4.46. The van der Waals surface area contributed by atoms with E-state index in [1.807, 2.05) is 4.90 Å². The summed E-state index contributed by atoms with van der Waals surface area (Å²) in [5.41, 5.74) is 3.07. The molecule has 4 fully saturated rings. The molecule has 2 aliphatic heterocycles. The van der Waals surface area contributed by atoms with Crippen molar-refractivity contribution in [2.45, 2.75) is 62.3 Å². The van der Waals surface area contributed by atoms with Crippen LogP contribution in [0.15, 0.2) is 24.3 Å². The van der Waals surface area contributed by atoms with Crippen LogP contribution in [0.3, 0.4) is 0 Å². The molecule has 27 heavy (non-hydrogen) atoms. The second kappa shape index (κ2) is 5.98. The van der Waals surface area contributed by atoms with Crippen LogP contribution in [0, 0.1) is 5.92 Å². The first kappa shape index (κ1) is 17.1. The van der Waals surface area contributed by atoms with Gasteiger partial charge >= 0.3 is 6.09 Å². The number of nitrogens with one attached hydrogen (secondary N) is 1. The molecule has 1 spiro atoms. The average Bonchev–Trinajstić information content (AvgIpc) is 3.29. The van der Waals surface area contributed by atoms with Crippen molar-refractivity contribution in [2.24, 2.45) is 5.92 Å². The van der Waals surface area contributed by atoms with E-state index in [1.165, 1.54) is 24.0 Å². The van der Waals surface area contributed by atoms with Gasteiger partial charge in [-0.15, -0.1) is 0 Å². The third-order valence-corrected chi connectivity index (χ3v) is 7.33. The summed E-state index contributed by atoms with van der Waals surface area (Å²) >= 11 is 0. The Morgan fingerprint density at radius 1 is 1.22 bits per heavy atom. The van der Waals surface area contributed by atoms with Crippen LogP contribution in [-0.4, -0.2) is 42.1 Å². The van der Waals surface area contributed by atoms with Crippen LogP contribution in [0.4, 0.5) is 4.79 Å². The first-order valence-corrected chi connectivity index (χ1v) is 10.3. The van der Waals surface area contributed by atoms with Crippen molar-refractivity contribution < 1.29 is 14.3 Å². The smallest absolute Gasteiger partial charge is 0.407 e. The number of piperidine rings is 1. The monoisotopic (exact) mass is 368 g/mol. The van der Waals surface area contributed by atoms with Crippen LogP contribution < -0.4 is 5.32 Å². The van der Waals surface area contributed by atoms with Gasteiger partial charge in [-0.3, -0.25) is 4.79 Å². The van der Waals surface area contributed by atoms with Crippen molar-refractivity contribution in [2.75, 3.05) is 19.7 Å². The Kier molecular flexibility index (Phi) is 3.78. The van der Waals surface area contributed by atoms with E-state index in [9.17, 15) is 9.59 Å². The Hall–Kier alpha value is -2.04. The Labute approximate surface area is 160 Å². The zero-order valence-corrected chi connectivity index (χ0v) is 16.0. The standard InChI is InChI=1S/C22H28N2O3/c1-21(7-8-21)18-4-2-3-16(11-18)15-5-9-24(10-6-15)19(25)17-12-22(13-17)14-27-20(26)23-22/h2-4,11,15,17H,5-10,12-14H2,1H3,(H,23,26)/t17-,22+. The van der Waals surface area contributed by atoms with E-state index < -0.39 is 0 Å². The van der Waals surface area contributed by atoms with Gasteiger partial charge in [-0.05, 0) is 61.0 Å². The Morgan fingerprint density at radius 3 is 2.59 bits per heavy atom. The SMILES string of the molecule is CC1(c2cccc(C3CCN(C(=O)[C@H]4C[C@]5(COC(=O)N5)C4)CC3)c2)CC1. The average molecular weight is 368 g/mol. The summed E-state index contributed by atoms with van der Waals surface area (Å²) < 4.78 is 5.01. The van der Waals surface area contributed by atoms with E-state index in [2.05, 4.69) is 36.5 Å². The summed E-state index contributed by atoms with van der Waals surface area (Å²) in [4.78, 5) is 26.1. The minimum Gasteiger partial charge on any atom is -0.447 e. The van der Waals surface area contributed by atoms with Gasteiger partial charge in [-0.1, -0.05) is 31.2 Å². The second-order valence-electron chi connectivity index (χ2n) is 9.37. The molecule has 2 amide bonds.